The van der Waals surface area contributed by atoms with Crippen molar-refractivity contribution in [3.05, 3.63) is 90.0 Å². The van der Waals surface area contributed by atoms with Gasteiger partial charge in [0.2, 0.25) is 5.91 Å². The summed E-state index contributed by atoms with van der Waals surface area (Å²) >= 11 is 0. The zero-order valence-corrected chi connectivity index (χ0v) is 17.0. The first kappa shape index (κ1) is 19.7. The summed E-state index contributed by atoms with van der Waals surface area (Å²) in [6.45, 7) is 1.19. The number of fused-ring (bicyclic) bond motifs is 1. The van der Waals surface area contributed by atoms with E-state index in [9.17, 15) is 9.59 Å². The number of carbonyl (C=O) groups is 2. The highest BCUT2D eigenvalue weighted by molar-refractivity contribution is 6.06. The molecule has 1 aliphatic heterocycles. The molecule has 0 bridgehead atoms. The van der Waals surface area contributed by atoms with Crippen molar-refractivity contribution in [2.75, 3.05) is 35.3 Å². The Kier molecular flexibility index (Phi) is 5.80. The van der Waals surface area contributed by atoms with Crippen LogP contribution in [0.4, 0.5) is 17.1 Å². The summed E-state index contributed by atoms with van der Waals surface area (Å²) in [7, 11) is 1.75. The van der Waals surface area contributed by atoms with Gasteiger partial charge in [-0.3, -0.25) is 9.59 Å². The maximum atomic E-state index is 12.7. The molecule has 1 aliphatic rings. The van der Waals surface area contributed by atoms with E-state index in [4.69, 9.17) is 0 Å². The molecule has 1 heterocycles. The second-order valence-electron chi connectivity index (χ2n) is 7.48. The van der Waals surface area contributed by atoms with E-state index in [1.54, 1.807) is 36.2 Å². The summed E-state index contributed by atoms with van der Waals surface area (Å²) in [5, 5.41) is 2.94. The maximum absolute atomic E-state index is 12.7. The highest BCUT2D eigenvalue weighted by Gasteiger charge is 2.19. The van der Waals surface area contributed by atoms with Crippen LogP contribution < -0.4 is 15.1 Å². The molecule has 3 aromatic rings. The minimum atomic E-state index is -0.0935. The third-order valence-electron chi connectivity index (χ3n) is 5.40. The number of hydrogen-bond donors (Lipinski definition) is 1. The molecular formula is C25H25N3O2. The van der Waals surface area contributed by atoms with Crippen molar-refractivity contribution < 1.29 is 9.59 Å². The molecule has 5 heteroatoms. The molecule has 2 amide bonds. The fourth-order valence-electron chi connectivity index (χ4n) is 3.81. The number of benzene rings is 3. The zero-order valence-electron chi connectivity index (χ0n) is 17.0. The highest BCUT2D eigenvalue weighted by atomic mass is 16.2. The van der Waals surface area contributed by atoms with Gasteiger partial charge in [0.15, 0.2) is 0 Å². The smallest absolute Gasteiger partial charge is 0.258 e. The SMILES string of the molecule is CN(C(=O)c1ccc(NC(=O)CN2CCCc3ccccc32)cc1)c1ccccc1. The topological polar surface area (TPSA) is 52.7 Å². The summed E-state index contributed by atoms with van der Waals surface area (Å²) in [6.07, 6.45) is 2.11. The molecule has 0 unspecified atom stereocenters. The van der Waals surface area contributed by atoms with Crippen molar-refractivity contribution in [3.63, 3.8) is 0 Å². The van der Waals surface area contributed by atoms with Gasteiger partial charge in [0.1, 0.15) is 0 Å². The molecule has 1 N–H and O–H groups in total. The van der Waals surface area contributed by atoms with Crippen LogP contribution in [-0.2, 0) is 11.2 Å². The van der Waals surface area contributed by atoms with Gasteiger partial charge in [-0.1, -0.05) is 36.4 Å². The molecule has 3 aromatic carbocycles. The Morgan fingerprint density at radius 3 is 2.40 bits per heavy atom. The number of rotatable bonds is 5. The van der Waals surface area contributed by atoms with Gasteiger partial charge in [-0.05, 0) is 60.9 Å². The average Bonchev–Trinajstić information content (AvgIpc) is 2.79. The minimum absolute atomic E-state index is 0.0628. The summed E-state index contributed by atoms with van der Waals surface area (Å²) in [4.78, 5) is 29.0. The van der Waals surface area contributed by atoms with E-state index in [0.29, 0.717) is 17.8 Å². The summed E-state index contributed by atoms with van der Waals surface area (Å²) < 4.78 is 0. The maximum Gasteiger partial charge on any atom is 0.258 e. The van der Waals surface area contributed by atoms with Gasteiger partial charge in [-0.2, -0.15) is 0 Å². The van der Waals surface area contributed by atoms with Crippen LogP contribution in [0.2, 0.25) is 0 Å². The van der Waals surface area contributed by atoms with E-state index in [0.717, 1.165) is 30.8 Å². The average molecular weight is 399 g/mol. The highest BCUT2D eigenvalue weighted by Crippen LogP contribution is 2.26. The predicted octanol–water partition coefficient (Wildman–Crippen LogP) is 4.35. The molecule has 0 atom stereocenters. The van der Waals surface area contributed by atoms with Gasteiger partial charge in [0.25, 0.3) is 5.91 Å². The van der Waals surface area contributed by atoms with Crippen molar-refractivity contribution in [1.29, 1.82) is 0 Å². The first-order valence-electron chi connectivity index (χ1n) is 10.2. The Balaban J connectivity index is 1.38. The molecule has 0 aliphatic carbocycles. The van der Waals surface area contributed by atoms with Crippen molar-refractivity contribution in [2.45, 2.75) is 12.8 Å². The lowest BCUT2D eigenvalue weighted by molar-refractivity contribution is -0.115. The third kappa shape index (κ3) is 4.35. The Bertz CT molecular complexity index is 1030. The monoisotopic (exact) mass is 399 g/mol. The number of carbonyl (C=O) groups excluding carboxylic acids is 2. The van der Waals surface area contributed by atoms with Crippen LogP contribution in [0.3, 0.4) is 0 Å². The normalized spacial score (nSPS) is 12.8. The first-order chi connectivity index (χ1) is 14.6. The molecule has 0 radical (unpaired) electrons. The first-order valence-corrected chi connectivity index (χ1v) is 10.2. The molecular weight excluding hydrogens is 374 g/mol. The Hall–Kier alpha value is -3.60. The van der Waals surface area contributed by atoms with Crippen molar-refractivity contribution in [1.82, 2.24) is 0 Å². The van der Waals surface area contributed by atoms with Crippen LogP contribution in [0.5, 0.6) is 0 Å². The summed E-state index contributed by atoms with van der Waals surface area (Å²) in [6, 6.07) is 24.8. The number of nitrogens with one attached hydrogen (secondary N) is 1. The van der Waals surface area contributed by atoms with Gasteiger partial charge in [0, 0.05) is 36.2 Å². The number of anilines is 3. The largest absolute Gasteiger partial charge is 0.362 e. The Morgan fingerprint density at radius 2 is 1.63 bits per heavy atom. The van der Waals surface area contributed by atoms with Crippen LogP contribution in [0.25, 0.3) is 0 Å². The number of aryl methyl sites for hydroxylation is 1. The lowest BCUT2D eigenvalue weighted by Crippen LogP contribution is -2.36. The standard InChI is InChI=1S/C25H25N3O2/c1-27(22-10-3-2-4-11-22)25(30)20-13-15-21(16-14-20)26-24(29)18-28-17-7-9-19-8-5-6-12-23(19)28/h2-6,8,10-16H,7,9,17-18H2,1H3,(H,26,29). The van der Waals surface area contributed by atoms with Crippen molar-refractivity contribution >= 4 is 28.9 Å². The van der Waals surface area contributed by atoms with E-state index < -0.39 is 0 Å². The molecule has 30 heavy (non-hydrogen) atoms. The molecule has 0 saturated carbocycles. The minimum Gasteiger partial charge on any atom is -0.362 e. The van der Waals surface area contributed by atoms with Crippen molar-refractivity contribution in [2.24, 2.45) is 0 Å². The van der Waals surface area contributed by atoms with Gasteiger partial charge < -0.3 is 15.1 Å². The fraction of sp³-hybridized carbons (Fsp3) is 0.200. The van der Waals surface area contributed by atoms with Crippen LogP contribution in [-0.4, -0.2) is 32.0 Å². The summed E-state index contributed by atoms with van der Waals surface area (Å²) in [5.41, 5.74) is 4.53. The quantitative estimate of drug-likeness (QED) is 0.694. The lowest BCUT2D eigenvalue weighted by Gasteiger charge is -2.30. The Morgan fingerprint density at radius 1 is 0.933 bits per heavy atom. The molecule has 5 nitrogen and oxygen atoms in total. The van der Waals surface area contributed by atoms with Crippen LogP contribution in [0.15, 0.2) is 78.9 Å². The molecule has 0 fully saturated rings. The predicted molar refractivity (Wildman–Crippen MR) is 121 cm³/mol. The molecule has 0 saturated heterocycles. The Labute approximate surface area is 176 Å². The fourth-order valence-corrected chi connectivity index (χ4v) is 3.81. The van der Waals surface area contributed by atoms with Crippen LogP contribution in [0.1, 0.15) is 22.3 Å². The second-order valence-corrected chi connectivity index (χ2v) is 7.48. The van der Waals surface area contributed by atoms with E-state index in [1.807, 2.05) is 42.5 Å². The molecule has 4 rings (SSSR count). The van der Waals surface area contributed by atoms with Crippen molar-refractivity contribution in [3.8, 4) is 0 Å². The van der Waals surface area contributed by atoms with Gasteiger partial charge in [-0.15, -0.1) is 0 Å². The van der Waals surface area contributed by atoms with E-state index in [1.165, 1.54) is 5.56 Å². The van der Waals surface area contributed by atoms with Crippen LogP contribution >= 0.6 is 0 Å². The van der Waals surface area contributed by atoms with Gasteiger partial charge in [-0.25, -0.2) is 0 Å². The number of para-hydroxylation sites is 2. The lowest BCUT2D eigenvalue weighted by atomic mass is 10.0. The van der Waals surface area contributed by atoms with Gasteiger partial charge >= 0.3 is 0 Å². The van der Waals surface area contributed by atoms with E-state index in [-0.39, 0.29) is 11.8 Å². The van der Waals surface area contributed by atoms with E-state index >= 15 is 0 Å². The zero-order chi connectivity index (χ0) is 20.9. The third-order valence-corrected chi connectivity index (χ3v) is 5.40. The van der Waals surface area contributed by atoms with Gasteiger partial charge in [0.05, 0.1) is 6.54 Å². The number of hydrogen-bond acceptors (Lipinski definition) is 3. The summed E-state index contributed by atoms with van der Waals surface area (Å²) in [5.74, 6) is -0.156. The number of amides is 2. The second kappa shape index (κ2) is 8.82. The molecule has 152 valence electrons. The molecule has 0 spiro atoms. The van der Waals surface area contributed by atoms with E-state index in [2.05, 4.69) is 22.3 Å². The number of nitrogens with zero attached hydrogens (tertiary/aromatic N) is 2. The van der Waals surface area contributed by atoms with Crippen LogP contribution in [0, 0.1) is 0 Å². The molecule has 0 aromatic heterocycles.